The van der Waals surface area contributed by atoms with Gasteiger partial charge in [-0.15, -0.1) is 0 Å². The van der Waals surface area contributed by atoms with Crippen molar-refractivity contribution in [3.05, 3.63) is 88.0 Å². The second-order valence-corrected chi connectivity index (χ2v) is 11.1. The summed E-state index contributed by atoms with van der Waals surface area (Å²) < 4.78 is 39.4. The van der Waals surface area contributed by atoms with E-state index in [-0.39, 0.29) is 23.1 Å². The van der Waals surface area contributed by atoms with E-state index in [1.165, 1.54) is 0 Å². The molecule has 1 fully saturated rings. The first-order valence-electron chi connectivity index (χ1n) is 14.9. The first-order chi connectivity index (χ1) is 22.2. The number of halogens is 4. The fraction of sp³-hybridized carbons (Fsp3) is 0.364. The summed E-state index contributed by atoms with van der Waals surface area (Å²) in [5, 5.41) is 8.12. The van der Waals surface area contributed by atoms with Gasteiger partial charge < -0.3 is 20.0 Å². The largest absolute Gasteiger partial charge is 0.416 e. The van der Waals surface area contributed by atoms with Gasteiger partial charge in [0.25, 0.3) is 5.91 Å². The minimum Gasteiger partial charge on any atom is -0.362 e. The molecule has 10 nitrogen and oxygen atoms in total. The van der Waals surface area contributed by atoms with E-state index in [4.69, 9.17) is 11.6 Å². The molecular weight excluding hydrogens is 635 g/mol. The number of carbonyl (C=O) groups excluding carboxylic acids is 3. The molecule has 1 saturated heterocycles. The standard InChI is InChI=1S/C33H39ClF3N7O3/c1-7-9-25(18-22(3)12-13-38-6)23(4)40-44-24(5)43(20-30(46)39-28-11-10-26(19-27(28)34)33(35,36)37)29(8-2)31(32(44)47)42-16-14-41(21-45)15-17-42/h7,9-13,18-19,21H,5,8,14-17,20H2,1-4,6H3,(H,39,46)/b9-7-,22-12+,25-18+,38-13?,40-23+. The molecule has 0 aliphatic carbocycles. The van der Waals surface area contributed by atoms with Crippen LogP contribution in [-0.2, 0) is 20.6 Å². The quantitative estimate of drug-likeness (QED) is 0.181. The highest BCUT2D eigenvalue weighted by Crippen LogP contribution is 2.35. The molecule has 1 aromatic rings. The number of benzene rings is 1. The van der Waals surface area contributed by atoms with Crippen molar-refractivity contribution >= 4 is 47.4 Å². The molecule has 47 heavy (non-hydrogen) atoms. The number of anilines is 1. The van der Waals surface area contributed by atoms with Crippen LogP contribution in [0.15, 0.2) is 87.5 Å². The average molecular weight is 674 g/mol. The van der Waals surface area contributed by atoms with E-state index in [9.17, 15) is 27.6 Å². The van der Waals surface area contributed by atoms with Gasteiger partial charge in [0.1, 0.15) is 18.1 Å². The van der Waals surface area contributed by atoms with Crippen molar-refractivity contribution in [1.29, 1.82) is 0 Å². The van der Waals surface area contributed by atoms with Gasteiger partial charge in [0.2, 0.25) is 12.3 Å². The topological polar surface area (TPSA) is 101 Å². The highest BCUT2D eigenvalue weighted by atomic mass is 35.5. The van der Waals surface area contributed by atoms with E-state index >= 15 is 0 Å². The van der Waals surface area contributed by atoms with E-state index < -0.39 is 23.6 Å². The van der Waals surface area contributed by atoms with Crippen LogP contribution in [0.4, 0.5) is 18.9 Å². The predicted molar refractivity (Wildman–Crippen MR) is 178 cm³/mol. The third kappa shape index (κ3) is 9.22. The Morgan fingerprint density at radius 3 is 2.40 bits per heavy atom. The lowest BCUT2D eigenvalue weighted by Gasteiger charge is -2.43. The molecular formula is C33H39ClF3N7O3. The van der Waals surface area contributed by atoms with Gasteiger partial charge in [-0.3, -0.25) is 19.4 Å². The number of nitrogens with one attached hydrogen (secondary N) is 1. The Balaban J connectivity index is 2.06. The molecule has 2 aliphatic heterocycles. The van der Waals surface area contributed by atoms with Crippen LogP contribution in [0.2, 0.25) is 5.02 Å². The number of piperazine rings is 1. The minimum absolute atomic E-state index is 0.000929. The number of allylic oxidation sites excluding steroid dienone is 7. The van der Waals surface area contributed by atoms with Crippen LogP contribution in [-0.4, -0.2) is 89.6 Å². The van der Waals surface area contributed by atoms with Crippen LogP contribution in [0.25, 0.3) is 0 Å². The Kier molecular flexibility index (Phi) is 12.7. The van der Waals surface area contributed by atoms with Crippen molar-refractivity contribution in [3.8, 4) is 0 Å². The van der Waals surface area contributed by atoms with Crippen LogP contribution >= 0.6 is 11.6 Å². The lowest BCUT2D eigenvalue weighted by atomic mass is 10.1. The molecule has 14 heteroatoms. The Morgan fingerprint density at radius 2 is 1.85 bits per heavy atom. The zero-order valence-electron chi connectivity index (χ0n) is 27.1. The molecule has 0 spiro atoms. The molecule has 2 aliphatic rings. The number of hydrogen-bond acceptors (Lipinski definition) is 7. The molecule has 0 atom stereocenters. The first-order valence-corrected chi connectivity index (χ1v) is 15.3. The summed E-state index contributed by atoms with van der Waals surface area (Å²) in [4.78, 5) is 47.9. The van der Waals surface area contributed by atoms with E-state index in [1.807, 2.05) is 50.0 Å². The summed E-state index contributed by atoms with van der Waals surface area (Å²) >= 11 is 6.09. The molecule has 0 saturated carbocycles. The molecule has 252 valence electrons. The zero-order valence-corrected chi connectivity index (χ0v) is 27.8. The van der Waals surface area contributed by atoms with Crippen molar-refractivity contribution in [2.24, 2.45) is 10.1 Å². The van der Waals surface area contributed by atoms with Crippen molar-refractivity contribution in [3.63, 3.8) is 0 Å². The lowest BCUT2D eigenvalue weighted by molar-refractivity contribution is -0.137. The summed E-state index contributed by atoms with van der Waals surface area (Å²) in [6.45, 7) is 12.7. The summed E-state index contributed by atoms with van der Waals surface area (Å²) in [7, 11) is 1.67. The van der Waals surface area contributed by atoms with Crippen LogP contribution in [0.3, 0.4) is 0 Å². The third-order valence-electron chi connectivity index (χ3n) is 7.42. The van der Waals surface area contributed by atoms with Crippen molar-refractivity contribution in [2.45, 2.75) is 40.3 Å². The van der Waals surface area contributed by atoms with Gasteiger partial charge in [0, 0.05) is 45.1 Å². The molecule has 1 N–H and O–H groups in total. The van der Waals surface area contributed by atoms with Gasteiger partial charge in [0.15, 0.2) is 0 Å². The van der Waals surface area contributed by atoms with Gasteiger partial charge in [-0.25, -0.2) is 0 Å². The van der Waals surface area contributed by atoms with E-state index in [2.05, 4.69) is 22.0 Å². The van der Waals surface area contributed by atoms with E-state index in [0.717, 1.165) is 40.8 Å². The highest BCUT2D eigenvalue weighted by molar-refractivity contribution is 6.33. The van der Waals surface area contributed by atoms with Crippen molar-refractivity contribution < 1.29 is 27.6 Å². The summed E-state index contributed by atoms with van der Waals surface area (Å²) in [5.74, 6) is -0.939. The van der Waals surface area contributed by atoms with Gasteiger partial charge >= 0.3 is 6.18 Å². The first kappa shape index (κ1) is 36.8. The second-order valence-electron chi connectivity index (χ2n) is 10.7. The monoisotopic (exact) mass is 673 g/mol. The van der Waals surface area contributed by atoms with E-state index in [0.29, 0.717) is 49.7 Å². The van der Waals surface area contributed by atoms with Crippen LogP contribution in [0.5, 0.6) is 0 Å². The molecule has 2 heterocycles. The molecule has 3 amide bonds. The number of aliphatic imine (C=N–C) groups is 1. The highest BCUT2D eigenvalue weighted by Gasteiger charge is 2.39. The van der Waals surface area contributed by atoms with Crippen LogP contribution < -0.4 is 5.32 Å². The lowest BCUT2D eigenvalue weighted by Crippen LogP contribution is -2.53. The number of hydrazone groups is 1. The molecule has 3 rings (SSSR count). The van der Waals surface area contributed by atoms with Crippen LogP contribution in [0.1, 0.15) is 39.7 Å². The van der Waals surface area contributed by atoms with Gasteiger partial charge in [0.05, 0.1) is 22.0 Å². The Labute approximate surface area is 277 Å². The second kappa shape index (κ2) is 16.3. The van der Waals surface area contributed by atoms with Crippen molar-refractivity contribution in [1.82, 2.24) is 19.7 Å². The summed E-state index contributed by atoms with van der Waals surface area (Å²) in [5.41, 5.74) is 1.98. The van der Waals surface area contributed by atoms with Crippen LogP contribution in [0, 0.1) is 0 Å². The maximum absolute atomic E-state index is 14.2. The Morgan fingerprint density at radius 1 is 1.17 bits per heavy atom. The average Bonchev–Trinajstić information content (AvgIpc) is 3.03. The molecule has 0 bridgehead atoms. The normalized spacial score (nSPS) is 17.5. The smallest absolute Gasteiger partial charge is 0.362 e. The molecule has 0 unspecified atom stereocenters. The van der Waals surface area contributed by atoms with Gasteiger partial charge in [-0.05, 0) is 62.6 Å². The fourth-order valence-electron chi connectivity index (χ4n) is 5.03. The minimum atomic E-state index is -4.60. The number of amides is 3. The number of hydrogen-bond donors (Lipinski definition) is 1. The van der Waals surface area contributed by atoms with Crippen molar-refractivity contribution in [2.75, 3.05) is 45.1 Å². The predicted octanol–water partition coefficient (Wildman–Crippen LogP) is 5.83. The van der Waals surface area contributed by atoms with Gasteiger partial charge in [-0.1, -0.05) is 43.3 Å². The number of nitrogens with zero attached hydrogens (tertiary/aromatic N) is 6. The maximum atomic E-state index is 14.2. The summed E-state index contributed by atoms with van der Waals surface area (Å²) in [6.07, 6.45) is 5.58. The zero-order chi connectivity index (χ0) is 34.9. The number of alkyl halides is 3. The Bertz CT molecular complexity index is 1570. The molecule has 0 aromatic heterocycles. The Hall–Kier alpha value is -4.65. The number of rotatable bonds is 11. The fourth-order valence-corrected chi connectivity index (χ4v) is 5.26. The third-order valence-corrected chi connectivity index (χ3v) is 7.73. The maximum Gasteiger partial charge on any atom is 0.416 e. The van der Waals surface area contributed by atoms with E-state index in [1.54, 1.807) is 30.0 Å². The molecule has 1 aromatic carbocycles. The SMILES string of the molecule is C=C1N(CC(=O)Nc2ccc(C(F)(F)F)cc2Cl)C(CC)=C(N2CCN(C=O)CC2)C(=O)N1/N=C(C)/C(/C=C\C)=C/C(C)=C/C=NC. The molecule has 0 radical (unpaired) electrons. The summed E-state index contributed by atoms with van der Waals surface area (Å²) in [6, 6.07) is 2.66. The number of carbonyl (C=O) groups is 3. The van der Waals surface area contributed by atoms with Gasteiger partial charge in [-0.2, -0.15) is 23.3 Å².